The minimum absolute atomic E-state index is 0.0647. The molecule has 0 fully saturated rings. The molecule has 4 heteroatoms. The molecule has 1 unspecified atom stereocenters. The number of rotatable bonds is 5. The second-order valence-corrected chi connectivity index (χ2v) is 3.25. The van der Waals surface area contributed by atoms with Crippen molar-refractivity contribution in [2.45, 2.75) is 12.5 Å². The summed E-state index contributed by atoms with van der Waals surface area (Å²) < 4.78 is 5.02. The van der Waals surface area contributed by atoms with E-state index in [0.29, 0.717) is 12.2 Å². The summed E-state index contributed by atoms with van der Waals surface area (Å²) in [4.78, 5) is 0. The summed E-state index contributed by atoms with van der Waals surface area (Å²) >= 11 is 0. The van der Waals surface area contributed by atoms with Gasteiger partial charge in [0, 0.05) is 18.2 Å². The zero-order valence-electron chi connectivity index (χ0n) is 9.03. The second kappa shape index (κ2) is 5.58. The second-order valence-electron chi connectivity index (χ2n) is 3.25. The quantitative estimate of drug-likeness (QED) is 0.681. The highest BCUT2D eigenvalue weighted by Gasteiger charge is 2.15. The fourth-order valence-electron chi connectivity index (χ4n) is 1.57. The van der Waals surface area contributed by atoms with Crippen LogP contribution in [0.5, 0.6) is 11.5 Å². The number of phenolic OH excluding ortho intramolecular Hbond substituents is 1. The van der Waals surface area contributed by atoms with Gasteiger partial charge in [-0.2, -0.15) is 0 Å². The Kier molecular flexibility index (Phi) is 4.39. The first-order chi connectivity index (χ1) is 7.24. The van der Waals surface area contributed by atoms with Gasteiger partial charge in [0.25, 0.3) is 0 Å². The van der Waals surface area contributed by atoms with Gasteiger partial charge in [0.15, 0.2) is 11.5 Å². The predicted octanol–water partition coefficient (Wildman–Crippen LogP) is 1.04. The molecule has 0 bridgehead atoms. The lowest BCUT2D eigenvalue weighted by atomic mass is 10.0. The monoisotopic (exact) mass is 211 g/mol. The van der Waals surface area contributed by atoms with E-state index in [0.717, 1.165) is 5.56 Å². The van der Waals surface area contributed by atoms with Crippen LogP contribution >= 0.6 is 0 Å². The topological polar surface area (TPSA) is 61.7 Å². The summed E-state index contributed by atoms with van der Waals surface area (Å²) in [6.45, 7) is 0.0716. The van der Waals surface area contributed by atoms with E-state index in [4.69, 9.17) is 9.84 Å². The summed E-state index contributed by atoms with van der Waals surface area (Å²) in [5, 5.41) is 21.8. The Morgan fingerprint density at radius 1 is 1.47 bits per heavy atom. The van der Waals surface area contributed by atoms with Crippen LogP contribution < -0.4 is 10.1 Å². The smallest absolute Gasteiger partial charge is 0.162 e. The van der Waals surface area contributed by atoms with Gasteiger partial charge in [-0.3, -0.25) is 0 Å². The van der Waals surface area contributed by atoms with Crippen LogP contribution in [-0.4, -0.2) is 31.0 Å². The summed E-state index contributed by atoms with van der Waals surface area (Å²) in [5.41, 5.74) is 0.742. The number of hydrogen-bond donors (Lipinski definition) is 3. The van der Waals surface area contributed by atoms with Gasteiger partial charge in [-0.1, -0.05) is 12.1 Å². The van der Waals surface area contributed by atoms with E-state index in [1.165, 1.54) is 7.11 Å². The van der Waals surface area contributed by atoms with Crippen LogP contribution in [0.3, 0.4) is 0 Å². The average Bonchev–Trinajstić information content (AvgIpc) is 2.27. The zero-order valence-corrected chi connectivity index (χ0v) is 9.03. The van der Waals surface area contributed by atoms with Gasteiger partial charge >= 0.3 is 0 Å². The van der Waals surface area contributed by atoms with Crippen molar-refractivity contribution in [1.29, 1.82) is 0 Å². The summed E-state index contributed by atoms with van der Waals surface area (Å²) in [5.74, 6) is 0.582. The molecule has 0 aliphatic rings. The number of ether oxygens (including phenoxy) is 1. The molecule has 3 N–H and O–H groups in total. The number of hydrogen-bond acceptors (Lipinski definition) is 4. The third kappa shape index (κ3) is 2.61. The molecule has 0 aliphatic heterocycles. The van der Waals surface area contributed by atoms with Gasteiger partial charge in [-0.25, -0.2) is 0 Å². The van der Waals surface area contributed by atoms with Crippen molar-refractivity contribution in [3.63, 3.8) is 0 Å². The van der Waals surface area contributed by atoms with Crippen molar-refractivity contribution >= 4 is 0 Å². The van der Waals surface area contributed by atoms with Crippen LogP contribution in [0.25, 0.3) is 0 Å². The highest BCUT2D eigenvalue weighted by atomic mass is 16.5. The molecule has 84 valence electrons. The lowest BCUT2D eigenvalue weighted by Crippen LogP contribution is -2.17. The molecule has 0 radical (unpaired) electrons. The molecule has 4 nitrogen and oxygen atoms in total. The Morgan fingerprint density at radius 2 is 2.20 bits per heavy atom. The third-order valence-electron chi connectivity index (χ3n) is 2.39. The Hall–Kier alpha value is -1.26. The Balaban J connectivity index is 3.01. The van der Waals surface area contributed by atoms with E-state index in [9.17, 15) is 5.11 Å². The van der Waals surface area contributed by atoms with Crippen molar-refractivity contribution in [3.05, 3.63) is 23.8 Å². The van der Waals surface area contributed by atoms with E-state index in [2.05, 4.69) is 5.32 Å². The largest absolute Gasteiger partial charge is 0.504 e. The summed E-state index contributed by atoms with van der Waals surface area (Å²) in [6, 6.07) is 5.26. The van der Waals surface area contributed by atoms with Gasteiger partial charge in [0.05, 0.1) is 7.11 Å². The average molecular weight is 211 g/mol. The molecule has 1 rings (SSSR count). The van der Waals surface area contributed by atoms with Crippen molar-refractivity contribution in [3.8, 4) is 11.5 Å². The Bertz CT molecular complexity index is 315. The highest BCUT2D eigenvalue weighted by molar-refractivity contribution is 5.46. The predicted molar refractivity (Wildman–Crippen MR) is 58.2 cm³/mol. The summed E-state index contributed by atoms with van der Waals surface area (Å²) in [7, 11) is 3.30. The first-order valence-electron chi connectivity index (χ1n) is 4.88. The molecule has 0 aliphatic carbocycles. The van der Waals surface area contributed by atoms with Gasteiger partial charge in [-0.05, 0) is 19.5 Å². The van der Waals surface area contributed by atoms with Crippen molar-refractivity contribution < 1.29 is 14.9 Å². The molecule has 15 heavy (non-hydrogen) atoms. The van der Waals surface area contributed by atoms with Crippen LogP contribution in [0.15, 0.2) is 18.2 Å². The normalized spacial score (nSPS) is 12.5. The molecule has 0 aromatic heterocycles. The molecule has 0 saturated carbocycles. The molecular formula is C11H17NO3. The standard InChI is InChI=1S/C11H17NO3/c1-12-9(6-7-13)8-4-3-5-10(15-2)11(8)14/h3-5,9,12-14H,6-7H2,1-2H3. The first-order valence-corrected chi connectivity index (χ1v) is 4.88. The van der Waals surface area contributed by atoms with E-state index >= 15 is 0 Å². The van der Waals surface area contributed by atoms with Gasteiger partial charge in [-0.15, -0.1) is 0 Å². The fourth-order valence-corrected chi connectivity index (χ4v) is 1.57. The minimum Gasteiger partial charge on any atom is -0.504 e. The SMILES string of the molecule is CNC(CCO)c1cccc(OC)c1O. The molecule has 0 amide bonds. The van der Waals surface area contributed by atoms with Crippen LogP contribution in [0.1, 0.15) is 18.0 Å². The number of aromatic hydroxyl groups is 1. The zero-order chi connectivity index (χ0) is 11.3. The van der Waals surface area contributed by atoms with E-state index in [1.807, 2.05) is 12.1 Å². The maximum absolute atomic E-state index is 9.87. The number of methoxy groups -OCH3 is 1. The molecule has 1 atom stereocenters. The first kappa shape index (κ1) is 11.8. The number of benzene rings is 1. The number of aliphatic hydroxyl groups excluding tert-OH is 1. The van der Waals surface area contributed by atoms with Gasteiger partial charge in [0.2, 0.25) is 0 Å². The Labute approximate surface area is 89.5 Å². The van der Waals surface area contributed by atoms with Crippen LogP contribution in [-0.2, 0) is 0 Å². The highest BCUT2D eigenvalue weighted by Crippen LogP contribution is 2.34. The molecule has 1 aromatic carbocycles. The Morgan fingerprint density at radius 3 is 2.73 bits per heavy atom. The molecular weight excluding hydrogens is 194 g/mol. The molecule has 0 saturated heterocycles. The lowest BCUT2D eigenvalue weighted by molar-refractivity contribution is 0.266. The van der Waals surface area contributed by atoms with E-state index in [1.54, 1.807) is 13.1 Å². The van der Waals surface area contributed by atoms with Crippen molar-refractivity contribution in [2.75, 3.05) is 20.8 Å². The summed E-state index contributed by atoms with van der Waals surface area (Å²) in [6.07, 6.45) is 0.553. The van der Waals surface area contributed by atoms with E-state index in [-0.39, 0.29) is 18.4 Å². The van der Waals surface area contributed by atoms with Gasteiger partial charge in [0.1, 0.15) is 0 Å². The lowest BCUT2D eigenvalue weighted by Gasteiger charge is -2.17. The van der Waals surface area contributed by atoms with Crippen LogP contribution in [0.2, 0.25) is 0 Å². The molecule has 0 heterocycles. The number of phenols is 1. The maximum Gasteiger partial charge on any atom is 0.162 e. The molecule has 1 aromatic rings. The van der Waals surface area contributed by atoms with Crippen LogP contribution in [0.4, 0.5) is 0 Å². The molecule has 0 spiro atoms. The number of aliphatic hydroxyl groups is 1. The number of para-hydroxylation sites is 1. The third-order valence-corrected chi connectivity index (χ3v) is 2.39. The van der Waals surface area contributed by atoms with Gasteiger partial charge < -0.3 is 20.3 Å². The van der Waals surface area contributed by atoms with Crippen molar-refractivity contribution in [1.82, 2.24) is 5.32 Å². The maximum atomic E-state index is 9.87. The van der Waals surface area contributed by atoms with Crippen molar-refractivity contribution in [2.24, 2.45) is 0 Å². The fraction of sp³-hybridized carbons (Fsp3) is 0.455. The minimum atomic E-state index is -0.0647. The number of nitrogens with one attached hydrogen (secondary N) is 1. The van der Waals surface area contributed by atoms with Crippen LogP contribution in [0, 0.1) is 0 Å². The van der Waals surface area contributed by atoms with E-state index < -0.39 is 0 Å².